The van der Waals surface area contributed by atoms with Gasteiger partial charge in [-0.2, -0.15) is 0 Å². The maximum Gasteiger partial charge on any atom is 0.326 e. The maximum absolute atomic E-state index is 14.6. The topological polar surface area (TPSA) is 649 Å². The summed E-state index contributed by atoms with van der Waals surface area (Å²) in [5.41, 5.74) is 34.7. The quantitative estimate of drug-likeness (QED) is 0.0276. The highest BCUT2D eigenvalue weighted by Gasteiger charge is 2.39. The number of benzene rings is 1. The number of carbonyl (C=O) groups excluding carboxylic acids is 13. The predicted molar refractivity (Wildman–Crippen MR) is 412 cm³/mol. The largest absolute Gasteiger partial charge is 0.508 e. The number of amides is 13. The van der Waals surface area contributed by atoms with Crippen molar-refractivity contribution >= 4 is 88.7 Å². The minimum atomic E-state index is -1.84. The van der Waals surface area contributed by atoms with Gasteiger partial charge in [-0.25, -0.2) is 4.79 Å². The van der Waals surface area contributed by atoms with Crippen LogP contribution in [0.4, 0.5) is 0 Å². The number of nitrogens with two attached hydrogens (primary N) is 6. The molecule has 0 aliphatic heterocycles. The first-order chi connectivity index (χ1) is 52.3. The molecule has 15 atom stereocenters. The van der Waals surface area contributed by atoms with Gasteiger partial charge in [0.15, 0.2) is 0 Å². The summed E-state index contributed by atoms with van der Waals surface area (Å²) in [6.07, 6.45) is 1.23. The molecule has 0 heterocycles. The van der Waals surface area contributed by atoms with E-state index < -0.39 is 204 Å². The number of aromatic hydroxyl groups is 1. The molecule has 0 aliphatic rings. The molecule has 0 aromatic heterocycles. The van der Waals surface area contributed by atoms with Crippen molar-refractivity contribution < 1.29 is 92.3 Å². The second-order valence-corrected chi connectivity index (χ2v) is 29.1. The molecule has 1 rings (SSSR count). The van der Waals surface area contributed by atoms with E-state index in [1.54, 1.807) is 41.5 Å². The molecule has 13 amide bonds. The molecule has 0 aliphatic carbocycles. The van der Waals surface area contributed by atoms with E-state index in [0.717, 1.165) is 6.92 Å². The van der Waals surface area contributed by atoms with E-state index in [-0.39, 0.29) is 82.7 Å². The number of unbranched alkanes of at least 4 members (excludes halogenated alkanes) is 5. The monoisotopic (exact) mass is 1580 g/mol. The summed E-state index contributed by atoms with van der Waals surface area (Å²) in [5.74, 6) is -15.9. The molecule has 0 bridgehead atoms. The van der Waals surface area contributed by atoms with Crippen LogP contribution in [0.25, 0.3) is 0 Å². The number of hydrogen-bond acceptors (Lipinski definition) is 23. The molecule has 0 spiro atoms. The minimum absolute atomic E-state index is 0.00431. The number of phenolic OH excluding ortho intramolecular Hbond substituents is 1. The number of carbonyl (C=O) groups is 15. The Morgan fingerprint density at radius 2 is 0.622 bits per heavy atom. The molecular formula is C73H129N19O19. The van der Waals surface area contributed by atoms with Gasteiger partial charge in [-0.3, -0.25) is 67.1 Å². The van der Waals surface area contributed by atoms with Crippen molar-refractivity contribution in [2.45, 2.75) is 282 Å². The van der Waals surface area contributed by atoms with Gasteiger partial charge in [0.05, 0.1) is 12.1 Å². The summed E-state index contributed by atoms with van der Waals surface area (Å²) in [6, 6.07) is -13.9. The van der Waals surface area contributed by atoms with Gasteiger partial charge >= 0.3 is 11.9 Å². The molecule has 0 radical (unpaired) electrons. The highest BCUT2D eigenvalue weighted by molar-refractivity contribution is 6.00. The summed E-state index contributed by atoms with van der Waals surface area (Å²) >= 11 is 0. The molecule has 0 unspecified atom stereocenters. The average Bonchev–Trinajstić information content (AvgIpc) is 0.851. The number of hydrogen-bond donors (Lipinski definition) is 23. The van der Waals surface area contributed by atoms with Gasteiger partial charge < -0.3 is 124 Å². The van der Waals surface area contributed by atoms with Gasteiger partial charge in [0, 0.05) is 12.8 Å². The number of aliphatic carboxylic acids is 2. The van der Waals surface area contributed by atoms with Crippen molar-refractivity contribution in [3.05, 3.63) is 29.8 Å². The standard InChI is InChI=1S/C73H129N19O19/c1-39(2)37-54(88-66(103)48(21-11-16-32-74)82-60(97)42(7)79)68(105)86-52(30-31-56(95)96)67(104)90-58(41(5)6)71(108)91-57(40(3)4)70(107)81-43(8)61(98)80-44(9)62(99)92-59(45(10)93)72(109)89-55(38-46-26-28-47(94)29-27-46)69(106)85-50(23-13-18-34-76)64(101)83-49(22-12-17-33-75)63(100)84-51(24-14-19-35-77)65(102)87-53(73(110)111)25-15-20-36-78/h26-29,39-45,48-55,57-59,93-94H,11-25,30-38,74-79H2,1-10H3,(H,80,98)(H,81,107)(H,82,97)(H,83,101)(H,84,100)(H,85,106)(H,86,105)(H,87,102)(H,88,103)(H,89,109)(H,90,104)(H,91,108)(H,92,99)(H,95,96)(H,110,111)/t42-,43-,44-,45+,48-,49-,50-,51-,52-,53-,54-,55-,57-,58-,59-/m0/s1. The fourth-order valence-corrected chi connectivity index (χ4v) is 11.3. The van der Waals surface area contributed by atoms with Gasteiger partial charge in [-0.1, -0.05) is 53.7 Å². The zero-order valence-electron chi connectivity index (χ0n) is 66.0. The fraction of sp³-hybridized carbons (Fsp3) is 0.712. The third-order valence-corrected chi connectivity index (χ3v) is 18.0. The van der Waals surface area contributed by atoms with Crippen LogP contribution in [0.2, 0.25) is 0 Å². The molecule has 38 heteroatoms. The minimum Gasteiger partial charge on any atom is -0.508 e. The van der Waals surface area contributed by atoms with Gasteiger partial charge in [-0.05, 0) is 205 Å². The second kappa shape index (κ2) is 53.6. The Bertz CT molecular complexity index is 3150. The van der Waals surface area contributed by atoms with Crippen molar-refractivity contribution in [1.82, 2.24) is 69.1 Å². The number of rotatable bonds is 57. The van der Waals surface area contributed by atoms with Crippen molar-refractivity contribution in [2.75, 3.05) is 32.7 Å². The fourth-order valence-electron chi connectivity index (χ4n) is 11.3. The van der Waals surface area contributed by atoms with Crippen LogP contribution in [-0.4, -0.2) is 233 Å². The van der Waals surface area contributed by atoms with Crippen LogP contribution < -0.4 is 104 Å². The lowest BCUT2D eigenvalue weighted by Gasteiger charge is -2.30. The van der Waals surface area contributed by atoms with E-state index in [4.69, 9.17) is 34.4 Å². The Labute approximate surface area is 650 Å². The average molecular weight is 1580 g/mol. The molecular weight excluding hydrogens is 1450 g/mol. The van der Waals surface area contributed by atoms with E-state index in [1.165, 1.54) is 45.0 Å². The number of phenols is 1. The van der Waals surface area contributed by atoms with E-state index in [9.17, 15) is 92.3 Å². The van der Waals surface area contributed by atoms with E-state index in [1.807, 2.05) is 0 Å². The normalized spacial score (nSPS) is 15.4. The number of aliphatic hydroxyl groups is 1. The van der Waals surface area contributed by atoms with Crippen LogP contribution in [0.15, 0.2) is 24.3 Å². The highest BCUT2D eigenvalue weighted by atomic mass is 16.4. The van der Waals surface area contributed by atoms with Crippen LogP contribution in [0.1, 0.15) is 190 Å². The number of carboxylic acids is 2. The van der Waals surface area contributed by atoms with Crippen LogP contribution >= 0.6 is 0 Å². The Hall–Kier alpha value is -9.21. The van der Waals surface area contributed by atoms with Crippen LogP contribution in [0, 0.1) is 17.8 Å². The lowest BCUT2D eigenvalue weighted by Crippen LogP contribution is -2.62. The van der Waals surface area contributed by atoms with Crippen LogP contribution in [-0.2, 0) is 78.3 Å². The predicted octanol–water partition coefficient (Wildman–Crippen LogP) is -4.04. The van der Waals surface area contributed by atoms with Crippen molar-refractivity contribution in [2.24, 2.45) is 52.2 Å². The zero-order chi connectivity index (χ0) is 84.2. The van der Waals surface area contributed by atoms with E-state index in [0.29, 0.717) is 76.4 Å². The summed E-state index contributed by atoms with van der Waals surface area (Å²) in [6.45, 7) is 16.1. The Morgan fingerprint density at radius 3 is 0.982 bits per heavy atom. The lowest BCUT2D eigenvalue weighted by molar-refractivity contribution is -0.142. The van der Waals surface area contributed by atoms with Crippen molar-refractivity contribution in [1.29, 1.82) is 0 Å². The first kappa shape index (κ1) is 99.8. The highest BCUT2D eigenvalue weighted by Crippen LogP contribution is 2.17. The summed E-state index contributed by atoms with van der Waals surface area (Å²) in [4.78, 5) is 206. The van der Waals surface area contributed by atoms with Gasteiger partial charge in [0.25, 0.3) is 0 Å². The third-order valence-electron chi connectivity index (χ3n) is 18.0. The molecule has 630 valence electrons. The molecule has 0 saturated carbocycles. The van der Waals surface area contributed by atoms with Crippen LogP contribution in [0.5, 0.6) is 5.75 Å². The number of nitrogens with one attached hydrogen (secondary N) is 13. The Kier molecular flexibility index (Phi) is 48.2. The van der Waals surface area contributed by atoms with Gasteiger partial charge in [0.2, 0.25) is 76.8 Å². The molecule has 0 fully saturated rings. The molecule has 29 N–H and O–H groups in total. The van der Waals surface area contributed by atoms with Gasteiger partial charge in [0.1, 0.15) is 84.3 Å². The maximum atomic E-state index is 14.6. The van der Waals surface area contributed by atoms with Gasteiger partial charge in [-0.15, -0.1) is 0 Å². The summed E-state index contributed by atoms with van der Waals surface area (Å²) < 4.78 is 0. The number of aliphatic hydroxyl groups excluding tert-OH is 1. The zero-order valence-corrected chi connectivity index (χ0v) is 66.0. The number of carboxylic acid groups (broad SMARTS) is 2. The van der Waals surface area contributed by atoms with Crippen molar-refractivity contribution in [3.8, 4) is 5.75 Å². The second-order valence-electron chi connectivity index (χ2n) is 29.1. The SMILES string of the molecule is CC(C)C[C@H](NC(=O)[C@H](CCCCN)NC(=O)[C@H](C)N)C(=O)N[C@@H](CCC(=O)O)C(=O)N[C@H](C(=O)N[C@H](C(=O)N[C@@H](C)C(=O)N[C@@H](C)C(=O)N[C@H](C(=O)N[C@@H](Cc1ccc(O)cc1)C(=O)N[C@@H](CCCCN)C(=O)N[C@@H](CCCCN)C(=O)N[C@@H](CCCCN)C(=O)N[C@@H](CCCCN)C(=O)O)[C@@H](C)O)C(C)C)C(C)C. The van der Waals surface area contributed by atoms with Crippen molar-refractivity contribution in [3.63, 3.8) is 0 Å². The lowest BCUT2D eigenvalue weighted by atomic mass is 9.98. The molecule has 0 saturated heterocycles. The molecule has 1 aromatic carbocycles. The van der Waals surface area contributed by atoms with E-state index >= 15 is 0 Å². The third kappa shape index (κ3) is 39.0. The smallest absolute Gasteiger partial charge is 0.326 e. The first-order valence-electron chi connectivity index (χ1n) is 38.4. The first-order valence-corrected chi connectivity index (χ1v) is 38.4. The summed E-state index contributed by atoms with van der Waals surface area (Å²) in [5, 5.41) is 73.9. The molecule has 111 heavy (non-hydrogen) atoms. The summed E-state index contributed by atoms with van der Waals surface area (Å²) in [7, 11) is 0. The molecule has 1 aromatic rings. The van der Waals surface area contributed by atoms with E-state index in [2.05, 4.69) is 69.1 Å². The Balaban J connectivity index is 3.50. The van der Waals surface area contributed by atoms with Crippen LogP contribution in [0.3, 0.4) is 0 Å². The molecule has 38 nitrogen and oxygen atoms in total. The Morgan fingerprint density at radius 1 is 0.333 bits per heavy atom.